The summed E-state index contributed by atoms with van der Waals surface area (Å²) in [6.45, 7) is 0.0468. The minimum atomic E-state index is -0.539. The van der Waals surface area contributed by atoms with Crippen LogP contribution in [-0.4, -0.2) is 20.8 Å². The summed E-state index contributed by atoms with van der Waals surface area (Å²) < 4.78 is 7.32. The van der Waals surface area contributed by atoms with Crippen LogP contribution < -0.4 is 10.3 Å². The topological polar surface area (TPSA) is 99.6 Å². The predicted octanol–water partition coefficient (Wildman–Crippen LogP) is 6.85. The fraction of sp³-hybridized carbons (Fsp3) is 0.0357. The second kappa shape index (κ2) is 11.0. The van der Waals surface area contributed by atoms with E-state index in [0.717, 1.165) is 0 Å². The minimum absolute atomic E-state index is 0.0468. The van der Waals surface area contributed by atoms with Gasteiger partial charge in [0.25, 0.3) is 5.56 Å². The van der Waals surface area contributed by atoms with Crippen LogP contribution in [-0.2, 0) is 6.61 Å². The third-order valence-electron chi connectivity index (χ3n) is 5.68. The van der Waals surface area contributed by atoms with Crippen molar-refractivity contribution in [2.75, 3.05) is 0 Å². The normalized spacial score (nSPS) is 11.2. The first-order chi connectivity index (χ1) is 18.4. The standard InChI is InChI=1S/C28H18BrClN4O4/c29-22-14-18(15-25(34(36)37)26(22)38-17-20-10-4-6-12-23(20)30)16-31-33-27(19-8-2-1-3-9-19)32-24-13-7-5-11-21(24)28(33)35/h1-16H,17H2. The number of hydrogen-bond donors (Lipinski definition) is 0. The van der Waals surface area contributed by atoms with Crippen molar-refractivity contribution in [2.45, 2.75) is 6.61 Å². The van der Waals surface area contributed by atoms with E-state index in [1.165, 1.54) is 17.0 Å². The molecule has 1 aromatic heterocycles. The molecule has 0 amide bonds. The van der Waals surface area contributed by atoms with Gasteiger partial charge in [-0.05, 0) is 40.2 Å². The van der Waals surface area contributed by atoms with E-state index in [4.69, 9.17) is 16.3 Å². The molecule has 10 heteroatoms. The Hall–Kier alpha value is -4.34. The lowest BCUT2D eigenvalue weighted by atomic mass is 10.2. The Balaban J connectivity index is 1.55. The molecule has 0 aliphatic heterocycles. The number of hydrogen-bond acceptors (Lipinski definition) is 6. The van der Waals surface area contributed by atoms with Crippen LogP contribution in [0.25, 0.3) is 22.3 Å². The molecule has 8 nitrogen and oxygen atoms in total. The Labute approximate surface area is 230 Å². The van der Waals surface area contributed by atoms with Crippen molar-refractivity contribution in [1.29, 1.82) is 0 Å². The van der Waals surface area contributed by atoms with E-state index in [1.807, 2.05) is 36.4 Å². The van der Waals surface area contributed by atoms with E-state index in [9.17, 15) is 14.9 Å². The van der Waals surface area contributed by atoms with Gasteiger partial charge in [-0.25, -0.2) is 4.98 Å². The summed E-state index contributed by atoms with van der Waals surface area (Å²) in [5, 5.41) is 17.2. The molecule has 0 saturated carbocycles. The van der Waals surface area contributed by atoms with Crippen LogP contribution in [0.1, 0.15) is 11.1 Å². The molecule has 4 aromatic carbocycles. The zero-order valence-corrected chi connectivity index (χ0v) is 22.0. The molecule has 188 valence electrons. The Morgan fingerprint density at radius 3 is 2.50 bits per heavy atom. The van der Waals surface area contributed by atoms with Gasteiger partial charge in [-0.3, -0.25) is 14.9 Å². The first-order valence-corrected chi connectivity index (χ1v) is 12.5. The monoisotopic (exact) mass is 588 g/mol. The number of ether oxygens (including phenoxy) is 1. The van der Waals surface area contributed by atoms with Gasteiger partial charge in [0.05, 0.1) is 26.5 Å². The van der Waals surface area contributed by atoms with Crippen molar-refractivity contribution < 1.29 is 9.66 Å². The average molecular weight is 590 g/mol. The zero-order valence-electron chi connectivity index (χ0n) is 19.6. The summed E-state index contributed by atoms with van der Waals surface area (Å²) >= 11 is 9.57. The van der Waals surface area contributed by atoms with Crippen LogP contribution in [0, 0.1) is 10.1 Å². The van der Waals surface area contributed by atoms with Gasteiger partial charge in [0.2, 0.25) is 5.75 Å². The Kier molecular flexibility index (Phi) is 7.30. The second-order valence-electron chi connectivity index (χ2n) is 8.17. The molecule has 0 aliphatic rings. The molecule has 0 unspecified atom stereocenters. The molecule has 0 saturated heterocycles. The molecule has 0 aliphatic carbocycles. The lowest BCUT2D eigenvalue weighted by Crippen LogP contribution is -2.20. The summed E-state index contributed by atoms with van der Waals surface area (Å²) in [4.78, 5) is 29.4. The molecule has 0 fully saturated rings. The number of aromatic nitrogens is 2. The molecule has 5 rings (SSSR count). The number of para-hydroxylation sites is 1. The van der Waals surface area contributed by atoms with Crippen molar-refractivity contribution >= 4 is 50.3 Å². The highest BCUT2D eigenvalue weighted by molar-refractivity contribution is 9.10. The van der Waals surface area contributed by atoms with E-state index in [0.29, 0.717) is 42.9 Å². The van der Waals surface area contributed by atoms with Crippen LogP contribution in [0.5, 0.6) is 5.75 Å². The van der Waals surface area contributed by atoms with Gasteiger partial charge in [-0.1, -0.05) is 72.3 Å². The fourth-order valence-corrected chi connectivity index (χ4v) is 4.62. The van der Waals surface area contributed by atoms with Gasteiger partial charge >= 0.3 is 5.69 Å². The molecular weight excluding hydrogens is 572 g/mol. The summed E-state index contributed by atoms with van der Waals surface area (Å²) in [5.74, 6) is 0.403. The smallest absolute Gasteiger partial charge is 0.312 e. The Bertz CT molecular complexity index is 1760. The summed E-state index contributed by atoms with van der Waals surface area (Å²) in [6, 6.07) is 26.3. The number of nitro benzene ring substituents is 1. The highest BCUT2D eigenvalue weighted by Gasteiger charge is 2.21. The van der Waals surface area contributed by atoms with Crippen molar-refractivity contribution in [1.82, 2.24) is 9.66 Å². The molecule has 38 heavy (non-hydrogen) atoms. The molecule has 0 bridgehead atoms. The van der Waals surface area contributed by atoms with Gasteiger partial charge in [0.15, 0.2) is 5.82 Å². The first-order valence-electron chi connectivity index (χ1n) is 11.4. The molecule has 0 radical (unpaired) electrons. The maximum absolute atomic E-state index is 13.3. The highest BCUT2D eigenvalue weighted by Crippen LogP contribution is 2.37. The highest BCUT2D eigenvalue weighted by atomic mass is 79.9. The number of nitro groups is 1. The molecule has 1 heterocycles. The Morgan fingerprint density at radius 2 is 1.74 bits per heavy atom. The predicted molar refractivity (Wildman–Crippen MR) is 151 cm³/mol. The van der Waals surface area contributed by atoms with E-state index in [2.05, 4.69) is 26.0 Å². The van der Waals surface area contributed by atoms with Crippen LogP contribution in [0.4, 0.5) is 5.69 Å². The van der Waals surface area contributed by atoms with E-state index < -0.39 is 4.92 Å². The molecule has 5 aromatic rings. The SMILES string of the molecule is O=c1c2ccccc2nc(-c2ccccc2)n1N=Cc1cc(Br)c(OCc2ccccc2Cl)c([N+](=O)[O-])c1. The van der Waals surface area contributed by atoms with Gasteiger partial charge in [0.1, 0.15) is 6.61 Å². The number of rotatable bonds is 7. The largest absolute Gasteiger partial charge is 0.481 e. The van der Waals surface area contributed by atoms with E-state index >= 15 is 0 Å². The van der Waals surface area contributed by atoms with Gasteiger partial charge in [-0.2, -0.15) is 9.78 Å². The maximum atomic E-state index is 13.3. The first kappa shape index (κ1) is 25.3. The fourth-order valence-electron chi connectivity index (χ4n) is 3.85. The lowest BCUT2D eigenvalue weighted by molar-refractivity contribution is -0.386. The lowest BCUT2D eigenvalue weighted by Gasteiger charge is -2.11. The second-order valence-corrected chi connectivity index (χ2v) is 9.43. The molecule has 0 atom stereocenters. The quantitative estimate of drug-likeness (QED) is 0.117. The van der Waals surface area contributed by atoms with Crippen LogP contribution >= 0.6 is 27.5 Å². The number of benzene rings is 4. The van der Waals surface area contributed by atoms with Gasteiger partial charge in [-0.15, -0.1) is 0 Å². The summed E-state index contributed by atoms with van der Waals surface area (Å²) in [7, 11) is 0. The van der Waals surface area contributed by atoms with Crippen LogP contribution in [0.15, 0.2) is 105 Å². The van der Waals surface area contributed by atoms with Crippen molar-refractivity contribution in [3.63, 3.8) is 0 Å². The third-order valence-corrected chi connectivity index (χ3v) is 6.64. The van der Waals surface area contributed by atoms with Crippen molar-refractivity contribution in [3.8, 4) is 17.1 Å². The van der Waals surface area contributed by atoms with Crippen LogP contribution in [0.2, 0.25) is 5.02 Å². The summed E-state index contributed by atoms with van der Waals surface area (Å²) in [6.07, 6.45) is 1.37. The third kappa shape index (κ3) is 5.20. The van der Waals surface area contributed by atoms with E-state index in [1.54, 1.807) is 48.5 Å². The van der Waals surface area contributed by atoms with Crippen LogP contribution in [0.3, 0.4) is 0 Å². The van der Waals surface area contributed by atoms with E-state index in [-0.39, 0.29) is 23.6 Å². The zero-order chi connectivity index (χ0) is 26.6. The van der Waals surface area contributed by atoms with Gasteiger partial charge < -0.3 is 4.74 Å². The number of fused-ring (bicyclic) bond motifs is 1. The minimum Gasteiger partial charge on any atom is -0.481 e. The summed E-state index contributed by atoms with van der Waals surface area (Å²) in [5.41, 5.74) is 1.69. The number of nitrogens with zero attached hydrogens (tertiary/aromatic N) is 4. The Morgan fingerprint density at radius 1 is 1.03 bits per heavy atom. The molecular formula is C28H18BrClN4O4. The average Bonchev–Trinajstić information content (AvgIpc) is 2.93. The van der Waals surface area contributed by atoms with Crippen molar-refractivity contribution in [2.24, 2.45) is 5.10 Å². The molecule has 0 N–H and O–H groups in total. The maximum Gasteiger partial charge on any atom is 0.312 e. The molecule has 0 spiro atoms. The van der Waals surface area contributed by atoms with Gasteiger partial charge in [0, 0.05) is 27.8 Å². The van der Waals surface area contributed by atoms with Crippen molar-refractivity contribution in [3.05, 3.63) is 132 Å². The number of halogens is 2.